The summed E-state index contributed by atoms with van der Waals surface area (Å²) in [5.41, 5.74) is 0.825. The fourth-order valence-corrected chi connectivity index (χ4v) is 5.91. The number of nitrogens with zero attached hydrogens (tertiary/aromatic N) is 1. The summed E-state index contributed by atoms with van der Waals surface area (Å²) in [5.74, 6) is -0.571. The van der Waals surface area contributed by atoms with E-state index >= 15 is 0 Å². The zero-order chi connectivity index (χ0) is 16.2. The van der Waals surface area contributed by atoms with E-state index in [9.17, 15) is 13.2 Å². The van der Waals surface area contributed by atoms with Crippen LogP contribution >= 0.6 is 0 Å². The highest BCUT2D eigenvalue weighted by Gasteiger charge is 2.55. The molecular formula is C16H18N2O4S. The molecule has 0 atom stereocenters. The number of carboxylic acids is 1. The van der Waals surface area contributed by atoms with Gasteiger partial charge in [-0.3, -0.25) is 4.79 Å². The highest BCUT2D eigenvalue weighted by Crippen LogP contribution is 2.54. The first-order valence-corrected chi connectivity index (χ1v) is 9.12. The van der Waals surface area contributed by atoms with E-state index in [1.807, 2.05) is 18.2 Å². The van der Waals surface area contributed by atoms with Crippen LogP contribution in [0.5, 0.6) is 0 Å². The van der Waals surface area contributed by atoms with Gasteiger partial charge in [-0.1, -0.05) is 18.2 Å². The Morgan fingerprint density at radius 1 is 1.30 bits per heavy atom. The van der Waals surface area contributed by atoms with E-state index in [1.54, 1.807) is 12.3 Å². The van der Waals surface area contributed by atoms with Gasteiger partial charge in [-0.2, -0.15) is 4.31 Å². The zero-order valence-corrected chi connectivity index (χ0v) is 13.3. The molecule has 122 valence electrons. The molecule has 2 heterocycles. The van der Waals surface area contributed by atoms with Gasteiger partial charge in [-0.15, -0.1) is 0 Å². The number of hydrogen-bond donors (Lipinski definition) is 2. The highest BCUT2D eigenvalue weighted by atomic mass is 32.2. The molecule has 1 saturated heterocycles. The van der Waals surface area contributed by atoms with E-state index < -0.39 is 16.0 Å². The number of carbonyl (C=O) groups is 1. The molecule has 1 saturated carbocycles. The number of para-hydroxylation sites is 1. The first-order valence-electron chi connectivity index (χ1n) is 7.68. The molecule has 1 aliphatic carbocycles. The smallest absolute Gasteiger partial charge is 0.303 e. The van der Waals surface area contributed by atoms with Crippen molar-refractivity contribution in [3.63, 3.8) is 0 Å². The van der Waals surface area contributed by atoms with Gasteiger partial charge >= 0.3 is 5.97 Å². The lowest BCUT2D eigenvalue weighted by atomic mass is 9.58. The Morgan fingerprint density at radius 2 is 2.00 bits per heavy atom. The van der Waals surface area contributed by atoms with Crippen LogP contribution in [0.1, 0.15) is 19.3 Å². The van der Waals surface area contributed by atoms with Gasteiger partial charge in [0.2, 0.25) is 10.0 Å². The molecule has 1 aromatic carbocycles. The lowest BCUT2D eigenvalue weighted by Crippen LogP contribution is -2.63. The maximum Gasteiger partial charge on any atom is 0.303 e. The topological polar surface area (TPSA) is 90.5 Å². The Kier molecular flexibility index (Phi) is 3.08. The van der Waals surface area contributed by atoms with Crippen LogP contribution in [0.4, 0.5) is 0 Å². The van der Waals surface area contributed by atoms with E-state index in [4.69, 9.17) is 5.11 Å². The van der Waals surface area contributed by atoms with Crippen LogP contribution in [0.2, 0.25) is 0 Å². The van der Waals surface area contributed by atoms with Gasteiger partial charge in [0, 0.05) is 36.6 Å². The summed E-state index contributed by atoms with van der Waals surface area (Å²) in [5, 5.41) is 9.52. The molecule has 2 N–H and O–H groups in total. The number of carboxylic acid groups (broad SMARTS) is 1. The number of fused-ring (bicyclic) bond motifs is 1. The van der Waals surface area contributed by atoms with Gasteiger partial charge in [0.05, 0.1) is 0 Å². The summed E-state index contributed by atoms with van der Waals surface area (Å²) >= 11 is 0. The SMILES string of the molecule is O=C(O)CC1CC2(C1)CN(S(=O)(=O)c1c[nH]c3ccccc13)C2. The summed E-state index contributed by atoms with van der Waals surface area (Å²) in [6.07, 6.45) is 3.38. The van der Waals surface area contributed by atoms with Crippen molar-refractivity contribution in [2.75, 3.05) is 13.1 Å². The molecule has 4 rings (SSSR count). The van der Waals surface area contributed by atoms with Crippen LogP contribution < -0.4 is 0 Å². The molecule has 2 fully saturated rings. The third-order valence-corrected chi connectivity index (χ3v) is 6.93. The number of aromatic nitrogens is 1. The Hall–Kier alpha value is -1.86. The maximum atomic E-state index is 12.8. The van der Waals surface area contributed by atoms with Crippen molar-refractivity contribution < 1.29 is 18.3 Å². The average molecular weight is 334 g/mol. The fraction of sp³-hybridized carbons (Fsp3) is 0.438. The third kappa shape index (κ3) is 2.26. The maximum absolute atomic E-state index is 12.8. The molecule has 23 heavy (non-hydrogen) atoms. The van der Waals surface area contributed by atoms with Gasteiger partial charge in [0.15, 0.2) is 0 Å². The van der Waals surface area contributed by atoms with Crippen molar-refractivity contribution in [1.82, 2.24) is 9.29 Å². The van der Waals surface area contributed by atoms with Gasteiger partial charge < -0.3 is 10.1 Å². The van der Waals surface area contributed by atoms with Gasteiger partial charge in [0.25, 0.3) is 0 Å². The van der Waals surface area contributed by atoms with E-state index in [-0.39, 0.29) is 17.8 Å². The van der Waals surface area contributed by atoms with Crippen LogP contribution in [0, 0.1) is 11.3 Å². The molecule has 1 aromatic heterocycles. The summed E-state index contributed by atoms with van der Waals surface area (Å²) in [6, 6.07) is 7.36. The third-order valence-electron chi connectivity index (χ3n) is 5.10. The number of aromatic amines is 1. The molecule has 0 bridgehead atoms. The van der Waals surface area contributed by atoms with Crippen molar-refractivity contribution in [2.24, 2.45) is 11.3 Å². The first-order chi connectivity index (χ1) is 10.9. The number of nitrogens with one attached hydrogen (secondary N) is 1. The molecular weight excluding hydrogens is 316 g/mol. The minimum absolute atomic E-state index is 0.0132. The highest BCUT2D eigenvalue weighted by molar-refractivity contribution is 7.89. The first kappa shape index (κ1) is 14.7. The second-order valence-electron chi connectivity index (χ2n) is 6.84. The van der Waals surface area contributed by atoms with Crippen LogP contribution in [-0.2, 0) is 14.8 Å². The van der Waals surface area contributed by atoms with Crippen molar-refractivity contribution in [1.29, 1.82) is 0 Å². The Labute approximate surface area is 134 Å². The van der Waals surface area contributed by atoms with Gasteiger partial charge in [-0.25, -0.2) is 8.42 Å². The van der Waals surface area contributed by atoms with Crippen molar-refractivity contribution in [2.45, 2.75) is 24.2 Å². The lowest BCUT2D eigenvalue weighted by Gasteiger charge is -2.58. The molecule has 1 aliphatic heterocycles. The number of benzene rings is 1. The molecule has 0 radical (unpaired) electrons. The van der Waals surface area contributed by atoms with Crippen LogP contribution in [0.15, 0.2) is 35.4 Å². The molecule has 1 spiro atoms. The Morgan fingerprint density at radius 3 is 2.70 bits per heavy atom. The molecule has 0 amide bonds. The predicted octanol–water partition coefficient (Wildman–Crippen LogP) is 2.04. The average Bonchev–Trinajstić information content (AvgIpc) is 2.83. The molecule has 6 nitrogen and oxygen atoms in total. The predicted molar refractivity (Wildman–Crippen MR) is 84.5 cm³/mol. The number of H-pyrrole nitrogens is 1. The van der Waals surface area contributed by atoms with Crippen LogP contribution in [-0.4, -0.2) is 41.9 Å². The van der Waals surface area contributed by atoms with Crippen molar-refractivity contribution in [3.05, 3.63) is 30.5 Å². The number of rotatable bonds is 4. The monoisotopic (exact) mass is 334 g/mol. The standard InChI is InChI=1S/C16H18N2O4S/c19-15(20)5-11-6-16(7-11)9-18(10-16)23(21,22)14-8-17-13-4-2-1-3-12(13)14/h1-4,8,11,17H,5-7,9-10H2,(H,19,20). The molecule has 7 heteroatoms. The molecule has 0 unspecified atom stereocenters. The zero-order valence-electron chi connectivity index (χ0n) is 12.5. The van der Waals surface area contributed by atoms with E-state index in [0.29, 0.717) is 23.4 Å². The van der Waals surface area contributed by atoms with Crippen LogP contribution in [0.25, 0.3) is 10.9 Å². The van der Waals surface area contributed by atoms with E-state index in [0.717, 1.165) is 18.4 Å². The number of hydrogen-bond acceptors (Lipinski definition) is 3. The quantitative estimate of drug-likeness (QED) is 0.895. The van der Waals surface area contributed by atoms with Crippen molar-refractivity contribution in [3.8, 4) is 0 Å². The summed E-state index contributed by atoms with van der Waals surface area (Å²) in [6.45, 7) is 1.01. The largest absolute Gasteiger partial charge is 0.481 e. The number of sulfonamides is 1. The minimum Gasteiger partial charge on any atom is -0.481 e. The molecule has 2 aliphatic rings. The Balaban J connectivity index is 1.49. The second kappa shape index (κ2) is 4.82. The normalized spacial score (nSPS) is 21.2. The van der Waals surface area contributed by atoms with E-state index in [2.05, 4.69) is 4.98 Å². The van der Waals surface area contributed by atoms with Gasteiger partial charge in [-0.05, 0) is 30.2 Å². The van der Waals surface area contributed by atoms with Gasteiger partial charge in [0.1, 0.15) is 4.90 Å². The fourth-order valence-electron chi connectivity index (χ4n) is 4.08. The summed E-state index contributed by atoms with van der Waals surface area (Å²) in [7, 11) is -3.49. The lowest BCUT2D eigenvalue weighted by molar-refractivity contribution is -0.142. The Bertz CT molecular complexity index is 872. The minimum atomic E-state index is -3.49. The molecule has 2 aromatic rings. The number of aliphatic carboxylic acids is 1. The summed E-state index contributed by atoms with van der Waals surface area (Å²) < 4.78 is 27.1. The van der Waals surface area contributed by atoms with Crippen LogP contribution in [0.3, 0.4) is 0 Å². The van der Waals surface area contributed by atoms with Crippen molar-refractivity contribution >= 4 is 26.9 Å². The van der Waals surface area contributed by atoms with E-state index in [1.165, 1.54) is 4.31 Å². The summed E-state index contributed by atoms with van der Waals surface area (Å²) in [4.78, 5) is 14.0. The second-order valence-corrected chi connectivity index (χ2v) is 8.75.